The summed E-state index contributed by atoms with van der Waals surface area (Å²) in [7, 11) is -3.25. The van der Waals surface area contributed by atoms with Gasteiger partial charge in [-0.15, -0.1) is 12.4 Å². The Morgan fingerprint density at radius 2 is 1.96 bits per heavy atom. The Balaban J connectivity index is 0.00000364. The summed E-state index contributed by atoms with van der Waals surface area (Å²) in [6.45, 7) is 4.16. The number of sulfonamides is 1. The Labute approximate surface area is 166 Å². The van der Waals surface area contributed by atoms with Crippen molar-refractivity contribution in [2.75, 3.05) is 24.7 Å². The molecule has 0 radical (unpaired) electrons. The molecule has 0 aromatic heterocycles. The van der Waals surface area contributed by atoms with Gasteiger partial charge in [0.05, 0.1) is 18.8 Å². The van der Waals surface area contributed by atoms with Crippen LogP contribution in [0.5, 0.6) is 0 Å². The average molecular weight is 419 g/mol. The monoisotopic (exact) mass is 418 g/mol. The second-order valence-corrected chi connectivity index (χ2v) is 8.81. The van der Waals surface area contributed by atoms with Crippen molar-refractivity contribution in [2.45, 2.75) is 32.9 Å². The van der Waals surface area contributed by atoms with Crippen molar-refractivity contribution in [3.8, 4) is 0 Å². The third kappa shape index (κ3) is 6.17. The van der Waals surface area contributed by atoms with E-state index in [1.807, 2.05) is 19.9 Å². The largest absolute Gasteiger partial charge is 0.346 e. The molecule has 0 unspecified atom stereocenters. The number of carbonyl (C=O) groups is 2. The first kappa shape index (κ1) is 23.4. The molecule has 1 aromatic rings. The molecule has 0 saturated heterocycles. The van der Waals surface area contributed by atoms with E-state index in [0.717, 1.165) is 11.1 Å². The van der Waals surface area contributed by atoms with Gasteiger partial charge in [0.2, 0.25) is 21.8 Å². The molecular formula is C17H27ClN4O4S. The molecule has 0 fully saturated rings. The van der Waals surface area contributed by atoms with Gasteiger partial charge in [-0.3, -0.25) is 9.59 Å². The average Bonchev–Trinajstić information content (AvgIpc) is 2.57. The van der Waals surface area contributed by atoms with Crippen LogP contribution >= 0.6 is 12.4 Å². The Morgan fingerprint density at radius 1 is 1.30 bits per heavy atom. The summed E-state index contributed by atoms with van der Waals surface area (Å²) in [5.41, 5.74) is 8.17. The molecular weight excluding hydrogens is 392 g/mol. The Kier molecular flexibility index (Phi) is 8.22. The second-order valence-electron chi connectivity index (χ2n) is 6.83. The van der Waals surface area contributed by atoms with Crippen molar-refractivity contribution in [3.05, 3.63) is 29.3 Å². The van der Waals surface area contributed by atoms with Gasteiger partial charge < -0.3 is 16.4 Å². The molecule has 27 heavy (non-hydrogen) atoms. The predicted octanol–water partition coefficient (Wildman–Crippen LogP) is 0.464. The van der Waals surface area contributed by atoms with Gasteiger partial charge in [-0.2, -0.15) is 4.31 Å². The molecule has 1 atom stereocenters. The van der Waals surface area contributed by atoms with E-state index in [-0.39, 0.29) is 43.2 Å². The number of hydrogen-bond acceptors (Lipinski definition) is 5. The predicted molar refractivity (Wildman–Crippen MR) is 107 cm³/mol. The van der Waals surface area contributed by atoms with Crippen LogP contribution in [-0.2, 0) is 32.6 Å². The standard InChI is InChI=1S/C17H26N4O4S.ClH/c1-11(2)16(18)17(23)19-9-15(22)20-14-6-4-5-12-10-21(26(3,24)25)8-7-13(12)14;/h4-6,11,16H,7-10,18H2,1-3H3,(H,19,23)(H,20,22);1H/t16-;/m0./s1. The summed E-state index contributed by atoms with van der Waals surface area (Å²) >= 11 is 0. The van der Waals surface area contributed by atoms with Crippen molar-refractivity contribution in [1.29, 1.82) is 0 Å². The lowest BCUT2D eigenvalue weighted by Gasteiger charge is -2.28. The maximum Gasteiger partial charge on any atom is 0.243 e. The summed E-state index contributed by atoms with van der Waals surface area (Å²) in [6, 6.07) is 4.74. The summed E-state index contributed by atoms with van der Waals surface area (Å²) in [5.74, 6) is -0.737. The zero-order chi connectivity index (χ0) is 19.5. The number of amides is 2. The maximum atomic E-state index is 12.1. The van der Waals surface area contributed by atoms with E-state index in [9.17, 15) is 18.0 Å². The van der Waals surface area contributed by atoms with Crippen LogP contribution in [0.2, 0.25) is 0 Å². The van der Waals surface area contributed by atoms with Gasteiger partial charge in [0.1, 0.15) is 0 Å². The molecule has 0 bridgehead atoms. The lowest BCUT2D eigenvalue weighted by atomic mass is 9.99. The van der Waals surface area contributed by atoms with E-state index in [1.54, 1.807) is 12.1 Å². The normalized spacial score (nSPS) is 15.4. The number of hydrogen-bond donors (Lipinski definition) is 3. The molecule has 10 heteroatoms. The van der Waals surface area contributed by atoms with Gasteiger partial charge in [-0.1, -0.05) is 26.0 Å². The number of nitrogens with two attached hydrogens (primary N) is 1. The number of nitrogens with zero attached hydrogens (tertiary/aromatic N) is 1. The van der Waals surface area contributed by atoms with E-state index in [4.69, 9.17) is 5.73 Å². The van der Waals surface area contributed by atoms with Crippen LogP contribution in [0.25, 0.3) is 0 Å². The highest BCUT2D eigenvalue weighted by atomic mass is 35.5. The van der Waals surface area contributed by atoms with E-state index in [2.05, 4.69) is 10.6 Å². The lowest BCUT2D eigenvalue weighted by Crippen LogP contribution is -2.46. The first-order valence-electron chi connectivity index (χ1n) is 8.48. The fourth-order valence-corrected chi connectivity index (χ4v) is 3.56. The van der Waals surface area contributed by atoms with Gasteiger partial charge in [-0.05, 0) is 29.5 Å². The molecule has 2 rings (SSSR count). The topological polar surface area (TPSA) is 122 Å². The van der Waals surface area contributed by atoms with Gasteiger partial charge in [0.25, 0.3) is 0 Å². The minimum absolute atomic E-state index is 0. The zero-order valence-corrected chi connectivity index (χ0v) is 17.3. The Hall–Kier alpha value is -1.68. The minimum atomic E-state index is -3.25. The molecule has 8 nitrogen and oxygen atoms in total. The molecule has 1 aliphatic heterocycles. The van der Waals surface area contributed by atoms with Crippen LogP contribution < -0.4 is 16.4 Å². The first-order valence-corrected chi connectivity index (χ1v) is 10.3. The van der Waals surface area contributed by atoms with E-state index in [0.29, 0.717) is 18.7 Å². The maximum absolute atomic E-state index is 12.1. The van der Waals surface area contributed by atoms with Gasteiger partial charge >= 0.3 is 0 Å². The van der Waals surface area contributed by atoms with Gasteiger partial charge in [0, 0.05) is 18.8 Å². The van der Waals surface area contributed by atoms with Crippen LogP contribution in [-0.4, -0.2) is 49.9 Å². The Morgan fingerprint density at radius 3 is 2.56 bits per heavy atom. The van der Waals surface area contributed by atoms with Crippen LogP contribution in [0.4, 0.5) is 5.69 Å². The quantitative estimate of drug-likeness (QED) is 0.619. The first-order chi connectivity index (χ1) is 12.1. The van der Waals surface area contributed by atoms with E-state index < -0.39 is 16.1 Å². The van der Waals surface area contributed by atoms with Crippen LogP contribution in [0.15, 0.2) is 18.2 Å². The third-order valence-electron chi connectivity index (χ3n) is 4.42. The SMILES string of the molecule is CC(C)[C@H](N)C(=O)NCC(=O)Nc1cccc2c1CCN(S(C)(=O)=O)C2.Cl. The summed E-state index contributed by atoms with van der Waals surface area (Å²) in [5, 5.41) is 5.31. The zero-order valence-electron chi connectivity index (χ0n) is 15.7. The highest BCUT2D eigenvalue weighted by molar-refractivity contribution is 7.88. The summed E-state index contributed by atoms with van der Waals surface area (Å²) < 4.78 is 24.8. The fraction of sp³-hybridized carbons (Fsp3) is 0.529. The number of anilines is 1. The number of fused-ring (bicyclic) bond motifs is 1. The highest BCUT2D eigenvalue weighted by Crippen LogP contribution is 2.27. The Bertz CT molecular complexity index is 798. The van der Waals surface area contributed by atoms with Crippen LogP contribution in [0, 0.1) is 5.92 Å². The molecule has 152 valence electrons. The van der Waals surface area contributed by atoms with Gasteiger partial charge in [0.15, 0.2) is 0 Å². The fourth-order valence-electron chi connectivity index (χ4n) is 2.77. The molecule has 1 aliphatic rings. The van der Waals surface area contributed by atoms with Crippen molar-refractivity contribution in [1.82, 2.24) is 9.62 Å². The van der Waals surface area contributed by atoms with E-state index >= 15 is 0 Å². The van der Waals surface area contributed by atoms with Crippen molar-refractivity contribution in [2.24, 2.45) is 11.7 Å². The number of rotatable bonds is 6. The van der Waals surface area contributed by atoms with Crippen LogP contribution in [0.1, 0.15) is 25.0 Å². The number of nitrogens with one attached hydrogen (secondary N) is 2. The van der Waals surface area contributed by atoms with E-state index in [1.165, 1.54) is 10.6 Å². The molecule has 0 spiro atoms. The van der Waals surface area contributed by atoms with Crippen LogP contribution in [0.3, 0.4) is 0 Å². The van der Waals surface area contributed by atoms with Crippen molar-refractivity contribution >= 4 is 39.9 Å². The molecule has 1 aromatic carbocycles. The summed E-state index contributed by atoms with van der Waals surface area (Å²) in [6.07, 6.45) is 1.71. The smallest absolute Gasteiger partial charge is 0.243 e. The number of carbonyl (C=O) groups excluding carboxylic acids is 2. The third-order valence-corrected chi connectivity index (χ3v) is 5.67. The lowest BCUT2D eigenvalue weighted by molar-refractivity contribution is -0.125. The number of benzene rings is 1. The molecule has 0 saturated carbocycles. The highest BCUT2D eigenvalue weighted by Gasteiger charge is 2.25. The van der Waals surface area contributed by atoms with Crippen molar-refractivity contribution < 1.29 is 18.0 Å². The molecule has 1 heterocycles. The molecule has 0 aliphatic carbocycles. The van der Waals surface area contributed by atoms with Crippen molar-refractivity contribution in [3.63, 3.8) is 0 Å². The molecule has 4 N–H and O–H groups in total. The second kappa shape index (κ2) is 9.50. The molecule has 2 amide bonds. The number of halogens is 1. The minimum Gasteiger partial charge on any atom is -0.346 e. The van der Waals surface area contributed by atoms with Gasteiger partial charge in [-0.25, -0.2) is 8.42 Å². The summed E-state index contributed by atoms with van der Waals surface area (Å²) in [4.78, 5) is 24.0.